The van der Waals surface area contributed by atoms with Gasteiger partial charge in [0.05, 0.1) is 0 Å². The van der Waals surface area contributed by atoms with Gasteiger partial charge in [0.2, 0.25) is 5.89 Å². The Labute approximate surface area is 110 Å². The molecule has 19 heavy (non-hydrogen) atoms. The van der Waals surface area contributed by atoms with E-state index in [1.165, 1.54) is 5.56 Å². The van der Waals surface area contributed by atoms with E-state index in [-0.39, 0.29) is 0 Å². The molecule has 96 valence electrons. The molecule has 5 nitrogen and oxygen atoms in total. The molecule has 0 saturated heterocycles. The van der Waals surface area contributed by atoms with Gasteiger partial charge in [-0.1, -0.05) is 35.5 Å². The molecule has 0 bridgehead atoms. The van der Waals surface area contributed by atoms with E-state index in [4.69, 9.17) is 4.52 Å². The maximum atomic E-state index is 5.20. The SMILES string of the molecule is c1ccc(CCc2noc(Cn3cccn3)n2)cc1. The Bertz CT molecular complexity index is 616. The lowest BCUT2D eigenvalue weighted by Gasteiger charge is -1.96. The highest BCUT2D eigenvalue weighted by Crippen LogP contribution is 2.06. The van der Waals surface area contributed by atoms with Crippen LogP contribution in [0.3, 0.4) is 0 Å². The summed E-state index contributed by atoms with van der Waals surface area (Å²) in [6.45, 7) is 0.519. The van der Waals surface area contributed by atoms with Gasteiger partial charge in [-0.3, -0.25) is 4.68 Å². The van der Waals surface area contributed by atoms with Gasteiger partial charge >= 0.3 is 0 Å². The van der Waals surface area contributed by atoms with Crippen LogP contribution >= 0.6 is 0 Å². The van der Waals surface area contributed by atoms with E-state index < -0.39 is 0 Å². The van der Waals surface area contributed by atoms with Gasteiger partial charge in [-0.2, -0.15) is 10.1 Å². The zero-order valence-corrected chi connectivity index (χ0v) is 10.4. The zero-order chi connectivity index (χ0) is 12.9. The smallest absolute Gasteiger partial charge is 0.248 e. The Morgan fingerprint density at radius 3 is 2.74 bits per heavy atom. The number of rotatable bonds is 5. The third-order valence-electron chi connectivity index (χ3n) is 2.85. The fraction of sp³-hybridized carbons (Fsp3) is 0.214. The molecule has 3 aromatic rings. The first-order valence-electron chi connectivity index (χ1n) is 6.23. The Morgan fingerprint density at radius 2 is 1.95 bits per heavy atom. The number of nitrogens with zero attached hydrogens (tertiary/aromatic N) is 4. The van der Waals surface area contributed by atoms with Crippen LogP contribution in [0.4, 0.5) is 0 Å². The van der Waals surface area contributed by atoms with Crippen molar-refractivity contribution < 1.29 is 4.52 Å². The van der Waals surface area contributed by atoms with Crippen LogP contribution in [0, 0.1) is 0 Å². The minimum atomic E-state index is 0.519. The molecule has 0 amide bonds. The van der Waals surface area contributed by atoms with Crippen LogP contribution in [-0.4, -0.2) is 19.9 Å². The molecule has 3 rings (SSSR count). The third kappa shape index (κ3) is 3.07. The summed E-state index contributed by atoms with van der Waals surface area (Å²) in [7, 11) is 0. The summed E-state index contributed by atoms with van der Waals surface area (Å²) in [5, 5.41) is 8.09. The Morgan fingerprint density at radius 1 is 1.05 bits per heavy atom. The molecule has 2 aromatic heterocycles. The van der Waals surface area contributed by atoms with E-state index in [1.54, 1.807) is 10.9 Å². The summed E-state index contributed by atoms with van der Waals surface area (Å²) in [6, 6.07) is 12.2. The van der Waals surface area contributed by atoms with Gasteiger partial charge in [-0.15, -0.1) is 0 Å². The quantitative estimate of drug-likeness (QED) is 0.699. The summed E-state index contributed by atoms with van der Waals surface area (Å²) >= 11 is 0. The average Bonchev–Trinajstić information content (AvgIpc) is 3.10. The lowest BCUT2D eigenvalue weighted by atomic mass is 10.1. The second kappa shape index (κ2) is 5.48. The molecule has 0 aliphatic carbocycles. The number of hydrogen-bond donors (Lipinski definition) is 0. The van der Waals surface area contributed by atoms with E-state index in [1.807, 2.05) is 30.5 Å². The van der Waals surface area contributed by atoms with Crippen molar-refractivity contribution in [3.8, 4) is 0 Å². The van der Waals surface area contributed by atoms with E-state index in [2.05, 4.69) is 27.4 Å². The van der Waals surface area contributed by atoms with E-state index in [0.29, 0.717) is 12.4 Å². The minimum absolute atomic E-state index is 0.519. The monoisotopic (exact) mass is 254 g/mol. The molecule has 5 heteroatoms. The van der Waals surface area contributed by atoms with Crippen LogP contribution in [0.25, 0.3) is 0 Å². The van der Waals surface area contributed by atoms with Crippen LogP contribution in [0.5, 0.6) is 0 Å². The molecule has 0 unspecified atom stereocenters. The van der Waals surface area contributed by atoms with E-state index in [0.717, 1.165) is 18.7 Å². The van der Waals surface area contributed by atoms with Crippen molar-refractivity contribution in [3.05, 3.63) is 66.1 Å². The lowest BCUT2D eigenvalue weighted by molar-refractivity contribution is 0.361. The van der Waals surface area contributed by atoms with Gasteiger partial charge in [-0.05, 0) is 18.1 Å². The summed E-state index contributed by atoms with van der Waals surface area (Å²) < 4.78 is 6.96. The van der Waals surface area contributed by atoms with Gasteiger partial charge < -0.3 is 4.52 Å². The molecule has 0 radical (unpaired) electrons. The summed E-state index contributed by atoms with van der Waals surface area (Å²) in [5.74, 6) is 1.33. The molecule has 0 atom stereocenters. The van der Waals surface area contributed by atoms with Crippen LogP contribution in [0.1, 0.15) is 17.3 Å². The van der Waals surface area contributed by atoms with Crippen LogP contribution in [0.15, 0.2) is 53.3 Å². The first-order chi connectivity index (χ1) is 9.40. The molecule has 0 saturated carbocycles. The van der Waals surface area contributed by atoms with Gasteiger partial charge in [0.15, 0.2) is 5.82 Å². The summed E-state index contributed by atoms with van der Waals surface area (Å²) in [6.07, 6.45) is 5.30. The molecule has 0 spiro atoms. The average molecular weight is 254 g/mol. The van der Waals surface area contributed by atoms with E-state index in [9.17, 15) is 0 Å². The van der Waals surface area contributed by atoms with Crippen molar-refractivity contribution in [2.24, 2.45) is 0 Å². The summed E-state index contributed by atoms with van der Waals surface area (Å²) in [4.78, 5) is 4.36. The third-order valence-corrected chi connectivity index (χ3v) is 2.85. The minimum Gasteiger partial charge on any atom is -0.337 e. The van der Waals surface area contributed by atoms with Crippen molar-refractivity contribution in [2.45, 2.75) is 19.4 Å². The van der Waals surface area contributed by atoms with Crippen molar-refractivity contribution in [2.75, 3.05) is 0 Å². The Hall–Kier alpha value is -2.43. The fourth-order valence-electron chi connectivity index (χ4n) is 1.89. The van der Waals surface area contributed by atoms with E-state index >= 15 is 0 Å². The first-order valence-corrected chi connectivity index (χ1v) is 6.23. The van der Waals surface area contributed by atoms with Gasteiger partial charge in [0.25, 0.3) is 0 Å². The highest BCUT2D eigenvalue weighted by atomic mass is 16.5. The molecule has 0 aliphatic rings. The van der Waals surface area contributed by atoms with Crippen molar-refractivity contribution in [1.82, 2.24) is 19.9 Å². The zero-order valence-electron chi connectivity index (χ0n) is 10.4. The number of hydrogen-bond acceptors (Lipinski definition) is 4. The van der Waals surface area contributed by atoms with Crippen LogP contribution < -0.4 is 0 Å². The highest BCUT2D eigenvalue weighted by molar-refractivity contribution is 5.15. The first kappa shape index (κ1) is 11.6. The molecule has 1 aromatic carbocycles. The van der Waals surface area contributed by atoms with Crippen LogP contribution in [-0.2, 0) is 19.4 Å². The number of aryl methyl sites for hydroxylation is 2. The predicted molar refractivity (Wildman–Crippen MR) is 69.5 cm³/mol. The fourth-order valence-corrected chi connectivity index (χ4v) is 1.89. The Kier molecular flexibility index (Phi) is 3.36. The predicted octanol–water partition coefficient (Wildman–Crippen LogP) is 2.10. The lowest BCUT2D eigenvalue weighted by Crippen LogP contribution is -2.00. The Balaban J connectivity index is 1.59. The molecule has 0 aliphatic heterocycles. The number of benzene rings is 1. The molecule has 2 heterocycles. The van der Waals surface area contributed by atoms with Gasteiger partial charge in [-0.25, -0.2) is 0 Å². The molecular weight excluding hydrogens is 240 g/mol. The highest BCUT2D eigenvalue weighted by Gasteiger charge is 2.07. The molecular formula is C14H14N4O. The van der Waals surface area contributed by atoms with Gasteiger partial charge in [0.1, 0.15) is 6.54 Å². The maximum Gasteiger partial charge on any atom is 0.248 e. The summed E-state index contributed by atoms with van der Waals surface area (Å²) in [5.41, 5.74) is 1.28. The molecule has 0 fully saturated rings. The van der Waals surface area contributed by atoms with Crippen molar-refractivity contribution in [3.63, 3.8) is 0 Å². The van der Waals surface area contributed by atoms with Crippen molar-refractivity contribution >= 4 is 0 Å². The second-order valence-electron chi connectivity index (χ2n) is 4.29. The standard InChI is InChI=1S/C14H14N4O/c1-2-5-12(6-3-1)7-8-13-16-14(19-17-13)11-18-10-4-9-15-18/h1-6,9-10H,7-8,11H2. The molecule has 0 N–H and O–H groups in total. The second-order valence-corrected chi connectivity index (χ2v) is 4.29. The largest absolute Gasteiger partial charge is 0.337 e. The topological polar surface area (TPSA) is 56.7 Å². The van der Waals surface area contributed by atoms with Crippen LogP contribution in [0.2, 0.25) is 0 Å². The number of aromatic nitrogens is 4. The normalized spacial score (nSPS) is 10.7. The van der Waals surface area contributed by atoms with Gasteiger partial charge in [0, 0.05) is 18.8 Å². The van der Waals surface area contributed by atoms with Crippen molar-refractivity contribution in [1.29, 1.82) is 0 Å². The maximum absolute atomic E-state index is 5.20.